The van der Waals surface area contributed by atoms with Crippen LogP contribution in [-0.4, -0.2) is 31.3 Å². The van der Waals surface area contributed by atoms with E-state index in [0.29, 0.717) is 11.8 Å². The number of carbonyl (C=O) groups is 1. The zero-order valence-corrected chi connectivity index (χ0v) is 18.5. The molecule has 0 spiro atoms. The summed E-state index contributed by atoms with van der Waals surface area (Å²) in [4.78, 5) is 41.4. The number of aromatic nitrogens is 4. The molecule has 31 heavy (non-hydrogen) atoms. The number of anilines is 1. The quantitative estimate of drug-likeness (QED) is 0.424. The Morgan fingerprint density at radius 3 is 2.94 bits per heavy atom. The van der Waals surface area contributed by atoms with Crippen LogP contribution in [-0.2, 0) is 12.8 Å². The number of H-pyrrole nitrogens is 1. The van der Waals surface area contributed by atoms with Crippen LogP contribution in [0.3, 0.4) is 0 Å². The minimum Gasteiger partial charge on any atom is -0.410 e. The average Bonchev–Trinajstić information content (AvgIpc) is 3.27. The van der Waals surface area contributed by atoms with Gasteiger partial charge in [-0.15, -0.1) is 21.5 Å². The lowest BCUT2D eigenvalue weighted by molar-refractivity contribution is 0.102. The van der Waals surface area contributed by atoms with Gasteiger partial charge >= 0.3 is 5.69 Å². The number of carbonyl (C=O) groups excluding carboxylic acids is 1. The van der Waals surface area contributed by atoms with Crippen molar-refractivity contribution in [1.82, 2.24) is 19.7 Å². The summed E-state index contributed by atoms with van der Waals surface area (Å²) < 4.78 is 7.03. The number of hydrogen-bond acceptors (Lipinski definition) is 9. The van der Waals surface area contributed by atoms with Crippen molar-refractivity contribution in [2.45, 2.75) is 50.3 Å². The number of fused-ring (bicyclic) bond motifs is 1. The van der Waals surface area contributed by atoms with E-state index in [-0.39, 0.29) is 28.4 Å². The van der Waals surface area contributed by atoms with Crippen molar-refractivity contribution in [3.8, 4) is 10.8 Å². The topological polar surface area (TPSA) is 137 Å². The highest BCUT2D eigenvalue weighted by Gasteiger charge is 2.30. The van der Waals surface area contributed by atoms with Gasteiger partial charge < -0.3 is 10.2 Å². The molecule has 0 bridgehead atoms. The first-order chi connectivity index (χ1) is 14.9. The fourth-order valence-corrected chi connectivity index (χ4v) is 5.67. The number of nitrogen functional groups attached to an aromatic ring is 1. The van der Waals surface area contributed by atoms with Crippen LogP contribution in [0.25, 0.3) is 10.8 Å². The maximum atomic E-state index is 12.7. The van der Waals surface area contributed by atoms with Crippen LogP contribution in [0.15, 0.2) is 25.3 Å². The third-order valence-corrected chi connectivity index (χ3v) is 7.69. The zero-order chi connectivity index (χ0) is 21.7. The molecular formula is C20H21N5O4S2. The molecular weight excluding hydrogens is 438 g/mol. The van der Waals surface area contributed by atoms with Crippen molar-refractivity contribution in [3.05, 3.63) is 42.9 Å². The molecule has 1 unspecified atom stereocenters. The molecule has 0 amide bonds. The van der Waals surface area contributed by atoms with Gasteiger partial charge in [-0.2, -0.15) is 0 Å². The van der Waals surface area contributed by atoms with Crippen molar-refractivity contribution in [3.63, 3.8) is 0 Å². The van der Waals surface area contributed by atoms with Crippen LogP contribution in [0, 0.1) is 5.92 Å². The molecule has 3 aromatic heterocycles. The maximum Gasteiger partial charge on any atom is 0.330 e. The number of nitrogens with two attached hydrogens (primary N) is 1. The van der Waals surface area contributed by atoms with Crippen molar-refractivity contribution in [2.75, 3.05) is 11.5 Å². The minimum absolute atomic E-state index is 0.0540. The molecule has 0 saturated heterocycles. The summed E-state index contributed by atoms with van der Waals surface area (Å²) in [6.45, 7) is 2.26. The van der Waals surface area contributed by atoms with E-state index in [4.69, 9.17) is 10.2 Å². The highest BCUT2D eigenvalue weighted by molar-refractivity contribution is 7.99. The Morgan fingerprint density at radius 2 is 2.16 bits per heavy atom. The van der Waals surface area contributed by atoms with Crippen LogP contribution < -0.4 is 17.0 Å². The fourth-order valence-electron chi connectivity index (χ4n) is 3.91. The van der Waals surface area contributed by atoms with Gasteiger partial charge in [-0.3, -0.25) is 19.1 Å². The van der Waals surface area contributed by atoms with E-state index in [1.165, 1.54) is 21.4 Å². The van der Waals surface area contributed by atoms with Gasteiger partial charge in [0.1, 0.15) is 11.4 Å². The molecule has 1 fully saturated rings. The van der Waals surface area contributed by atoms with E-state index in [2.05, 4.69) is 28.2 Å². The molecule has 1 atom stereocenters. The van der Waals surface area contributed by atoms with Gasteiger partial charge in [0, 0.05) is 10.9 Å². The number of hydrogen-bond donors (Lipinski definition) is 2. The fraction of sp³-hybridized carbons (Fsp3) is 0.450. The van der Waals surface area contributed by atoms with Gasteiger partial charge in [-0.1, -0.05) is 18.7 Å². The van der Waals surface area contributed by atoms with E-state index < -0.39 is 17.0 Å². The number of rotatable bonds is 6. The standard InChI is InChI=1S/C20H21N5O4S2/c1-9-2-5-13-10(6-9)7-14(31-13)18-23-24-20(29-18)30-8-12(26)15-16(21)25(11-3-4-11)19(28)22-17(15)27/h7,9,11H,2-6,8,21H2,1H3,(H,22,27,28). The van der Waals surface area contributed by atoms with Crippen LogP contribution in [0.1, 0.15) is 53.0 Å². The number of Topliss-reactive ketones (excluding diaryl/α,β-unsaturated/α-hetero) is 1. The summed E-state index contributed by atoms with van der Waals surface area (Å²) in [6, 6.07) is 2.06. The molecule has 0 aromatic carbocycles. The van der Waals surface area contributed by atoms with Crippen molar-refractivity contribution >= 4 is 34.7 Å². The Bertz CT molecular complexity index is 1280. The maximum absolute atomic E-state index is 12.7. The number of aryl methyl sites for hydroxylation is 1. The van der Waals surface area contributed by atoms with Gasteiger partial charge in [-0.25, -0.2) is 4.79 Å². The zero-order valence-electron chi connectivity index (χ0n) is 16.8. The van der Waals surface area contributed by atoms with Gasteiger partial charge in [0.25, 0.3) is 16.7 Å². The molecule has 0 radical (unpaired) electrons. The number of aromatic amines is 1. The summed E-state index contributed by atoms with van der Waals surface area (Å²) in [5.41, 5.74) is 5.80. The first-order valence-corrected chi connectivity index (χ1v) is 12.0. The van der Waals surface area contributed by atoms with E-state index >= 15 is 0 Å². The molecule has 9 nitrogen and oxygen atoms in total. The molecule has 11 heteroatoms. The highest BCUT2D eigenvalue weighted by atomic mass is 32.2. The molecule has 1 saturated carbocycles. The molecule has 2 aliphatic carbocycles. The lowest BCUT2D eigenvalue weighted by Gasteiger charge is -2.16. The molecule has 0 aliphatic heterocycles. The van der Waals surface area contributed by atoms with E-state index in [1.807, 2.05) is 0 Å². The Balaban J connectivity index is 1.31. The largest absolute Gasteiger partial charge is 0.410 e. The van der Waals surface area contributed by atoms with Gasteiger partial charge in [0.15, 0.2) is 5.78 Å². The van der Waals surface area contributed by atoms with Gasteiger partial charge in [0.2, 0.25) is 0 Å². The van der Waals surface area contributed by atoms with Crippen LogP contribution in [0.2, 0.25) is 0 Å². The molecule has 3 N–H and O–H groups in total. The van der Waals surface area contributed by atoms with Gasteiger partial charge in [-0.05, 0) is 49.7 Å². The van der Waals surface area contributed by atoms with Crippen molar-refractivity contribution < 1.29 is 9.21 Å². The van der Waals surface area contributed by atoms with Gasteiger partial charge in [0.05, 0.1) is 10.6 Å². The molecule has 5 rings (SSSR count). The Kier molecular flexibility index (Phi) is 5.09. The van der Waals surface area contributed by atoms with Crippen LogP contribution in [0.4, 0.5) is 5.82 Å². The normalized spacial score (nSPS) is 18.2. The summed E-state index contributed by atoms with van der Waals surface area (Å²) in [7, 11) is 0. The highest BCUT2D eigenvalue weighted by Crippen LogP contribution is 2.38. The second kappa shape index (κ2) is 7.79. The van der Waals surface area contributed by atoms with E-state index in [0.717, 1.165) is 42.3 Å². The van der Waals surface area contributed by atoms with Crippen LogP contribution in [0.5, 0.6) is 0 Å². The number of ketones is 1. The molecule has 162 valence electrons. The predicted octanol–water partition coefficient (Wildman–Crippen LogP) is 2.67. The smallest absolute Gasteiger partial charge is 0.330 e. The lowest BCUT2D eigenvalue weighted by Crippen LogP contribution is -2.36. The molecule has 2 aliphatic rings. The predicted molar refractivity (Wildman–Crippen MR) is 118 cm³/mol. The van der Waals surface area contributed by atoms with E-state index in [1.54, 1.807) is 11.3 Å². The van der Waals surface area contributed by atoms with Crippen molar-refractivity contribution in [1.29, 1.82) is 0 Å². The Hall–Kier alpha value is -2.66. The third kappa shape index (κ3) is 3.87. The Labute approximate surface area is 185 Å². The summed E-state index contributed by atoms with van der Waals surface area (Å²) in [5, 5.41) is 8.38. The SMILES string of the molecule is CC1CCc2sc(-c3nnc(SCC(=O)c4c(N)n(C5CC5)c(=O)[nH]c4=O)o3)cc2C1. The average molecular weight is 460 g/mol. The van der Waals surface area contributed by atoms with Crippen LogP contribution >= 0.6 is 23.1 Å². The molecule has 3 heterocycles. The summed E-state index contributed by atoms with van der Waals surface area (Å²) in [5.74, 6) is 0.446. The number of nitrogens with zero attached hydrogens (tertiary/aromatic N) is 3. The summed E-state index contributed by atoms with van der Waals surface area (Å²) >= 11 is 2.72. The van der Waals surface area contributed by atoms with E-state index in [9.17, 15) is 14.4 Å². The first kappa shape index (κ1) is 20.3. The summed E-state index contributed by atoms with van der Waals surface area (Å²) in [6.07, 6.45) is 4.93. The second-order valence-corrected chi connectivity index (χ2v) is 10.2. The monoisotopic (exact) mass is 459 g/mol. The number of thioether (sulfide) groups is 1. The minimum atomic E-state index is -0.769. The molecule has 3 aromatic rings. The number of nitrogens with one attached hydrogen (secondary N) is 1. The number of thiophene rings is 1. The third-order valence-electron chi connectivity index (χ3n) is 5.65. The lowest BCUT2D eigenvalue weighted by atomic mass is 9.90. The second-order valence-electron chi connectivity index (χ2n) is 8.11. The van der Waals surface area contributed by atoms with Crippen molar-refractivity contribution in [2.24, 2.45) is 5.92 Å². The first-order valence-electron chi connectivity index (χ1n) is 10.2. The Morgan fingerprint density at radius 1 is 1.35 bits per heavy atom.